The number of rotatable bonds is 7. The fraction of sp³-hybridized carbons (Fsp3) is 0.591. The minimum atomic E-state index is -0.739. The monoisotopic (exact) mass is 405 g/mol. The number of hydrogen-bond donors (Lipinski definition) is 2. The van der Waals surface area contributed by atoms with Crippen molar-refractivity contribution in [3.8, 4) is 11.5 Å². The zero-order valence-electron chi connectivity index (χ0n) is 17.3. The van der Waals surface area contributed by atoms with Gasteiger partial charge in [0.25, 0.3) is 5.91 Å². The quantitative estimate of drug-likeness (QED) is 0.723. The van der Waals surface area contributed by atoms with Crippen molar-refractivity contribution in [2.75, 3.05) is 7.11 Å². The van der Waals surface area contributed by atoms with E-state index in [0.29, 0.717) is 25.7 Å². The van der Waals surface area contributed by atoms with Crippen molar-refractivity contribution in [3.63, 3.8) is 0 Å². The Bertz CT molecular complexity index is 783. The maximum Gasteiger partial charge on any atom is 0.258 e. The number of nitrogens with two attached hydrogens (primary N) is 1. The van der Waals surface area contributed by atoms with E-state index in [1.807, 2.05) is 6.92 Å². The summed E-state index contributed by atoms with van der Waals surface area (Å²) in [7, 11) is 1.40. The Balaban J connectivity index is 1.71. The van der Waals surface area contributed by atoms with Crippen LogP contribution in [-0.2, 0) is 4.79 Å². The van der Waals surface area contributed by atoms with Gasteiger partial charge in [0.1, 0.15) is 11.3 Å². The highest BCUT2D eigenvalue weighted by atomic mass is 19.1. The first-order valence-corrected chi connectivity index (χ1v) is 10.2. The van der Waals surface area contributed by atoms with E-state index >= 15 is 4.39 Å². The van der Waals surface area contributed by atoms with Crippen molar-refractivity contribution in [1.82, 2.24) is 5.32 Å². The summed E-state index contributed by atoms with van der Waals surface area (Å²) in [5, 5.41) is 2.72. The highest BCUT2D eigenvalue weighted by Gasteiger charge is 2.37. The fourth-order valence-corrected chi connectivity index (χ4v) is 3.97. The number of methoxy groups -OCH3 is 1. The summed E-state index contributed by atoms with van der Waals surface area (Å²) in [5.41, 5.74) is 4.73. The molecule has 2 aliphatic carbocycles. The third kappa shape index (κ3) is 4.49. The summed E-state index contributed by atoms with van der Waals surface area (Å²) in [4.78, 5) is 24.3. The SMILES string of the molecule is COc1ccc(OC2CCC(C)(C(N)=O)CC2)c(F)c1C(=O)N[CH]C1(C)CCC1. The zero-order chi connectivity index (χ0) is 21.2. The number of hydrogen-bond acceptors (Lipinski definition) is 4. The Kier molecular flexibility index (Phi) is 6.05. The molecule has 1 aromatic carbocycles. The van der Waals surface area contributed by atoms with E-state index in [4.69, 9.17) is 15.2 Å². The first-order chi connectivity index (χ1) is 13.7. The van der Waals surface area contributed by atoms with Gasteiger partial charge in [-0.3, -0.25) is 9.59 Å². The van der Waals surface area contributed by atoms with Gasteiger partial charge in [-0.25, -0.2) is 4.39 Å². The van der Waals surface area contributed by atoms with Crippen LogP contribution in [0.1, 0.15) is 69.2 Å². The molecular weight excluding hydrogens is 375 g/mol. The minimum Gasteiger partial charge on any atom is -0.496 e. The summed E-state index contributed by atoms with van der Waals surface area (Å²) in [6.07, 6.45) is 5.26. The Morgan fingerprint density at radius 3 is 2.31 bits per heavy atom. The van der Waals surface area contributed by atoms with Crippen molar-refractivity contribution in [3.05, 3.63) is 30.1 Å². The number of carbonyl (C=O) groups excluding carboxylic acids is 2. The number of primary amides is 1. The molecule has 2 saturated carbocycles. The second-order valence-corrected chi connectivity index (χ2v) is 8.82. The Hall–Kier alpha value is -2.31. The molecule has 0 heterocycles. The van der Waals surface area contributed by atoms with E-state index in [1.165, 1.54) is 19.2 Å². The summed E-state index contributed by atoms with van der Waals surface area (Å²) in [5.74, 6) is -1.44. The van der Waals surface area contributed by atoms with Gasteiger partial charge in [-0.05, 0) is 56.1 Å². The predicted octanol–water partition coefficient (Wildman–Crippen LogP) is 3.73. The first-order valence-electron chi connectivity index (χ1n) is 10.2. The molecule has 0 spiro atoms. The van der Waals surface area contributed by atoms with Crippen LogP contribution in [0.5, 0.6) is 11.5 Å². The van der Waals surface area contributed by atoms with E-state index in [1.54, 1.807) is 6.54 Å². The summed E-state index contributed by atoms with van der Waals surface area (Å²) >= 11 is 0. The average Bonchev–Trinajstić information content (AvgIpc) is 2.67. The number of amides is 2. The third-order valence-corrected chi connectivity index (χ3v) is 6.49. The molecule has 3 N–H and O–H groups in total. The van der Waals surface area contributed by atoms with Crippen LogP contribution in [0.4, 0.5) is 4.39 Å². The lowest BCUT2D eigenvalue weighted by Crippen LogP contribution is -2.40. The molecule has 0 aliphatic heterocycles. The molecule has 1 aromatic rings. The van der Waals surface area contributed by atoms with Crippen LogP contribution in [-0.4, -0.2) is 25.0 Å². The Morgan fingerprint density at radius 1 is 1.17 bits per heavy atom. The van der Waals surface area contributed by atoms with Crippen LogP contribution in [0, 0.1) is 23.2 Å². The molecule has 6 nitrogen and oxygen atoms in total. The molecule has 1 radical (unpaired) electrons. The standard InChI is InChI=1S/C22H30FN2O4/c1-21(9-4-10-21)13-25-19(26)17-15(28-3)5-6-16(18(17)23)29-14-7-11-22(2,12-8-14)20(24)27/h5-6,13-14H,4,7-12H2,1-3H3,(H2,24,27)(H,25,26). The number of halogens is 1. The number of nitrogens with one attached hydrogen (secondary N) is 1. The van der Waals surface area contributed by atoms with E-state index in [9.17, 15) is 9.59 Å². The fourth-order valence-electron chi connectivity index (χ4n) is 3.97. The molecule has 0 aromatic heterocycles. The summed E-state index contributed by atoms with van der Waals surface area (Å²) in [6, 6.07) is 3.01. The molecule has 29 heavy (non-hydrogen) atoms. The molecule has 159 valence electrons. The van der Waals surface area contributed by atoms with Gasteiger partial charge in [-0.2, -0.15) is 0 Å². The normalized spacial score (nSPS) is 25.6. The molecule has 0 bridgehead atoms. The Labute approximate surface area is 171 Å². The van der Waals surface area contributed by atoms with Crippen LogP contribution in [0.15, 0.2) is 12.1 Å². The predicted molar refractivity (Wildman–Crippen MR) is 107 cm³/mol. The highest BCUT2D eigenvalue weighted by molar-refractivity contribution is 5.98. The van der Waals surface area contributed by atoms with Crippen LogP contribution in [0.25, 0.3) is 0 Å². The molecule has 7 heteroatoms. The summed E-state index contributed by atoms with van der Waals surface area (Å²) < 4.78 is 26.2. The lowest BCUT2D eigenvalue weighted by Gasteiger charge is -2.37. The van der Waals surface area contributed by atoms with Crippen molar-refractivity contribution < 1.29 is 23.5 Å². The first kappa shape index (κ1) is 21.4. The molecule has 2 aliphatic rings. The van der Waals surface area contributed by atoms with Crippen molar-refractivity contribution in [2.24, 2.45) is 16.6 Å². The van der Waals surface area contributed by atoms with Crippen LogP contribution in [0.3, 0.4) is 0 Å². The van der Waals surface area contributed by atoms with Crippen LogP contribution < -0.4 is 20.5 Å². The number of ether oxygens (including phenoxy) is 2. The van der Waals surface area contributed by atoms with Gasteiger partial charge in [-0.1, -0.05) is 20.3 Å². The van der Waals surface area contributed by atoms with Gasteiger partial charge in [-0.15, -0.1) is 0 Å². The molecule has 3 rings (SSSR count). The van der Waals surface area contributed by atoms with Gasteiger partial charge in [0, 0.05) is 5.41 Å². The minimum absolute atomic E-state index is 0.0125. The van der Waals surface area contributed by atoms with Gasteiger partial charge < -0.3 is 20.5 Å². The van der Waals surface area contributed by atoms with Crippen LogP contribution >= 0.6 is 0 Å². The lowest BCUT2D eigenvalue weighted by atomic mass is 9.70. The second kappa shape index (κ2) is 8.20. The number of benzene rings is 1. The summed E-state index contributed by atoms with van der Waals surface area (Å²) in [6.45, 7) is 5.66. The van der Waals surface area contributed by atoms with E-state index < -0.39 is 17.1 Å². The van der Waals surface area contributed by atoms with E-state index in [-0.39, 0.29) is 34.5 Å². The van der Waals surface area contributed by atoms with Gasteiger partial charge in [0.05, 0.1) is 19.8 Å². The maximum absolute atomic E-state index is 15.2. The Morgan fingerprint density at radius 2 is 1.79 bits per heavy atom. The molecule has 0 unspecified atom stereocenters. The van der Waals surface area contributed by atoms with Crippen molar-refractivity contribution in [2.45, 2.75) is 64.9 Å². The largest absolute Gasteiger partial charge is 0.496 e. The van der Waals surface area contributed by atoms with Crippen molar-refractivity contribution in [1.29, 1.82) is 0 Å². The van der Waals surface area contributed by atoms with E-state index in [2.05, 4.69) is 12.2 Å². The van der Waals surface area contributed by atoms with Gasteiger partial charge >= 0.3 is 0 Å². The molecule has 2 amide bonds. The second-order valence-electron chi connectivity index (χ2n) is 8.82. The third-order valence-electron chi connectivity index (χ3n) is 6.49. The number of carbonyl (C=O) groups is 2. The smallest absolute Gasteiger partial charge is 0.258 e. The zero-order valence-corrected chi connectivity index (χ0v) is 17.3. The van der Waals surface area contributed by atoms with E-state index in [0.717, 1.165) is 19.3 Å². The lowest BCUT2D eigenvalue weighted by molar-refractivity contribution is -0.129. The highest BCUT2D eigenvalue weighted by Crippen LogP contribution is 2.42. The molecule has 2 fully saturated rings. The van der Waals surface area contributed by atoms with Gasteiger partial charge in [0.2, 0.25) is 5.91 Å². The van der Waals surface area contributed by atoms with Crippen LogP contribution in [0.2, 0.25) is 0 Å². The maximum atomic E-state index is 15.2. The molecule has 0 saturated heterocycles. The van der Waals surface area contributed by atoms with Gasteiger partial charge in [0.15, 0.2) is 11.6 Å². The van der Waals surface area contributed by atoms with Crippen molar-refractivity contribution >= 4 is 11.8 Å². The topological polar surface area (TPSA) is 90.7 Å². The average molecular weight is 405 g/mol. The molecule has 0 atom stereocenters. The molecular formula is C22H30FN2O4.